The second kappa shape index (κ2) is 12.0. The van der Waals surface area contributed by atoms with E-state index in [0.717, 1.165) is 49.0 Å². The number of aryl methyl sites for hydroxylation is 1. The number of rotatable bonds is 10. The molecule has 2 heterocycles. The second-order valence-electron chi connectivity index (χ2n) is 7.05. The van der Waals surface area contributed by atoms with Gasteiger partial charge in [0.2, 0.25) is 11.8 Å². The lowest BCUT2D eigenvalue weighted by molar-refractivity contribution is -0.132. The molecule has 0 bridgehead atoms. The first kappa shape index (κ1) is 22.7. The van der Waals surface area contributed by atoms with Gasteiger partial charge in [-0.1, -0.05) is 18.2 Å². The largest absolute Gasteiger partial charge is 0.379 e. The van der Waals surface area contributed by atoms with Crippen LogP contribution in [0.3, 0.4) is 0 Å². The number of hydrogen-bond donors (Lipinski definition) is 1. The molecule has 1 saturated heterocycles. The Labute approximate surface area is 185 Å². The number of ether oxygens (including phenoxy) is 1. The zero-order valence-corrected chi connectivity index (χ0v) is 18.8. The number of benzene rings is 1. The Morgan fingerprint density at radius 1 is 1.27 bits per heavy atom. The first-order valence-electron chi connectivity index (χ1n) is 10.1. The number of thioether (sulfide) groups is 1. The zero-order chi connectivity index (χ0) is 21.2. The maximum absolute atomic E-state index is 12.9. The monoisotopic (exact) mass is 448 g/mol. The number of amides is 2. The molecule has 30 heavy (non-hydrogen) atoms. The van der Waals surface area contributed by atoms with Gasteiger partial charge in [0.25, 0.3) is 0 Å². The third-order valence-electron chi connectivity index (χ3n) is 4.67. The molecule has 1 aromatic heterocycles. The fourth-order valence-corrected chi connectivity index (χ4v) is 4.60. The number of hydrogen-bond acceptors (Lipinski definition) is 7. The van der Waals surface area contributed by atoms with Crippen LogP contribution >= 0.6 is 23.1 Å². The van der Waals surface area contributed by atoms with Crippen LogP contribution in [-0.2, 0) is 14.3 Å². The summed E-state index contributed by atoms with van der Waals surface area (Å²) in [5, 5.41) is 3.37. The van der Waals surface area contributed by atoms with Gasteiger partial charge in [-0.15, -0.1) is 23.1 Å². The van der Waals surface area contributed by atoms with Crippen LogP contribution in [0.1, 0.15) is 11.3 Å². The summed E-state index contributed by atoms with van der Waals surface area (Å²) in [6.07, 6.45) is 2.55. The highest BCUT2D eigenvalue weighted by Crippen LogP contribution is 2.18. The van der Waals surface area contributed by atoms with E-state index in [2.05, 4.69) is 15.2 Å². The molecular weight excluding hydrogens is 420 g/mol. The van der Waals surface area contributed by atoms with Gasteiger partial charge in [0, 0.05) is 42.1 Å². The van der Waals surface area contributed by atoms with Crippen LogP contribution in [0.15, 0.2) is 41.4 Å². The van der Waals surface area contributed by atoms with Crippen molar-refractivity contribution in [3.05, 3.63) is 41.4 Å². The molecule has 7 nitrogen and oxygen atoms in total. The lowest BCUT2D eigenvalue weighted by Gasteiger charge is -2.28. The predicted octanol–water partition coefficient (Wildman–Crippen LogP) is 2.73. The molecule has 0 spiro atoms. The molecule has 1 aliphatic rings. The molecule has 3 rings (SSSR count). The van der Waals surface area contributed by atoms with E-state index in [1.54, 1.807) is 11.1 Å². The Morgan fingerprint density at radius 3 is 2.73 bits per heavy atom. The molecule has 1 aliphatic heterocycles. The molecule has 0 aliphatic carbocycles. The Kier molecular flexibility index (Phi) is 9.13. The molecule has 0 saturated carbocycles. The van der Waals surface area contributed by atoms with E-state index in [4.69, 9.17) is 4.74 Å². The fraction of sp³-hybridized carbons (Fsp3) is 0.476. The van der Waals surface area contributed by atoms with Gasteiger partial charge in [-0.2, -0.15) is 0 Å². The molecule has 2 amide bonds. The summed E-state index contributed by atoms with van der Waals surface area (Å²) >= 11 is 2.92. The van der Waals surface area contributed by atoms with Crippen molar-refractivity contribution in [2.75, 3.05) is 57.0 Å². The first-order chi connectivity index (χ1) is 14.6. The van der Waals surface area contributed by atoms with E-state index in [0.29, 0.717) is 17.4 Å². The Hall–Kier alpha value is -1.94. The Bertz CT molecular complexity index is 810. The Morgan fingerprint density at radius 2 is 2.03 bits per heavy atom. The quantitative estimate of drug-likeness (QED) is 0.564. The summed E-state index contributed by atoms with van der Waals surface area (Å²) in [5.74, 6) is 0.0654. The number of morpholine rings is 1. The number of nitrogens with one attached hydrogen (secondary N) is 1. The Balaban J connectivity index is 1.53. The summed E-state index contributed by atoms with van der Waals surface area (Å²) < 4.78 is 5.38. The average Bonchev–Trinajstić information content (AvgIpc) is 3.17. The van der Waals surface area contributed by atoms with Crippen molar-refractivity contribution in [2.45, 2.75) is 18.2 Å². The second-order valence-corrected chi connectivity index (χ2v) is 9.33. The van der Waals surface area contributed by atoms with E-state index in [-0.39, 0.29) is 18.4 Å². The molecule has 0 radical (unpaired) electrons. The van der Waals surface area contributed by atoms with Gasteiger partial charge < -0.3 is 15.0 Å². The lowest BCUT2D eigenvalue weighted by atomic mass is 10.3. The minimum Gasteiger partial charge on any atom is -0.379 e. The van der Waals surface area contributed by atoms with Gasteiger partial charge in [0.1, 0.15) is 0 Å². The molecule has 1 N–H and O–H groups in total. The maximum atomic E-state index is 12.9. The minimum absolute atomic E-state index is 0.0312. The highest BCUT2D eigenvalue weighted by atomic mass is 32.2. The van der Waals surface area contributed by atoms with Crippen molar-refractivity contribution < 1.29 is 14.3 Å². The van der Waals surface area contributed by atoms with E-state index < -0.39 is 0 Å². The molecule has 2 aromatic rings. The summed E-state index contributed by atoms with van der Waals surface area (Å²) in [6, 6.07) is 9.83. The van der Waals surface area contributed by atoms with Crippen molar-refractivity contribution in [2.24, 2.45) is 0 Å². The van der Waals surface area contributed by atoms with Crippen molar-refractivity contribution in [3.8, 4) is 0 Å². The third-order valence-corrected chi connectivity index (χ3v) is 6.49. The average molecular weight is 449 g/mol. The molecule has 0 atom stereocenters. The summed E-state index contributed by atoms with van der Waals surface area (Å²) in [6.45, 7) is 6.77. The summed E-state index contributed by atoms with van der Waals surface area (Å²) in [7, 11) is 0. The predicted molar refractivity (Wildman–Crippen MR) is 121 cm³/mol. The van der Waals surface area contributed by atoms with Crippen LogP contribution < -0.4 is 5.32 Å². The van der Waals surface area contributed by atoms with E-state index in [9.17, 15) is 9.59 Å². The van der Waals surface area contributed by atoms with Crippen LogP contribution in [0.25, 0.3) is 0 Å². The van der Waals surface area contributed by atoms with E-state index in [1.165, 1.54) is 23.1 Å². The van der Waals surface area contributed by atoms with Crippen LogP contribution in [0, 0.1) is 6.92 Å². The molecule has 1 aromatic carbocycles. The SMILES string of the molecule is Cc1cnc(NC(=O)CN(CCCN2CCOCC2)C(=O)CSc2ccccc2)s1. The number of carbonyl (C=O) groups excluding carboxylic acids is 2. The smallest absolute Gasteiger partial charge is 0.245 e. The van der Waals surface area contributed by atoms with Crippen molar-refractivity contribution in [1.82, 2.24) is 14.8 Å². The van der Waals surface area contributed by atoms with Gasteiger partial charge >= 0.3 is 0 Å². The first-order valence-corrected chi connectivity index (χ1v) is 11.9. The maximum Gasteiger partial charge on any atom is 0.245 e. The van der Waals surface area contributed by atoms with Gasteiger partial charge in [-0.25, -0.2) is 4.98 Å². The van der Waals surface area contributed by atoms with Crippen molar-refractivity contribution in [3.63, 3.8) is 0 Å². The normalized spacial score (nSPS) is 14.4. The highest BCUT2D eigenvalue weighted by molar-refractivity contribution is 8.00. The molecule has 1 fully saturated rings. The number of nitrogens with zero attached hydrogens (tertiary/aromatic N) is 3. The summed E-state index contributed by atoms with van der Waals surface area (Å²) in [5.41, 5.74) is 0. The van der Waals surface area contributed by atoms with E-state index >= 15 is 0 Å². The summed E-state index contributed by atoms with van der Waals surface area (Å²) in [4.78, 5) is 35.6. The van der Waals surface area contributed by atoms with Crippen molar-refractivity contribution in [1.29, 1.82) is 0 Å². The molecular formula is C21H28N4O3S2. The third kappa shape index (κ3) is 7.71. The van der Waals surface area contributed by atoms with Crippen LogP contribution in [0.2, 0.25) is 0 Å². The van der Waals surface area contributed by atoms with Crippen LogP contribution in [-0.4, -0.2) is 78.3 Å². The molecule has 162 valence electrons. The van der Waals surface area contributed by atoms with Gasteiger partial charge in [-0.3, -0.25) is 14.5 Å². The minimum atomic E-state index is -0.214. The number of carbonyl (C=O) groups is 2. The standard InChI is InChI=1S/C21H28N4O3S2/c1-17-14-22-21(30-17)23-19(26)15-25(9-5-8-24-10-12-28-13-11-24)20(27)16-29-18-6-3-2-4-7-18/h2-4,6-7,14H,5,8-13,15-16H2,1H3,(H,22,23,26). The highest BCUT2D eigenvalue weighted by Gasteiger charge is 2.19. The van der Waals surface area contributed by atoms with Gasteiger partial charge in [-0.05, 0) is 25.5 Å². The van der Waals surface area contributed by atoms with Crippen LogP contribution in [0.4, 0.5) is 5.13 Å². The topological polar surface area (TPSA) is 74.8 Å². The van der Waals surface area contributed by atoms with Crippen LogP contribution in [0.5, 0.6) is 0 Å². The fourth-order valence-electron chi connectivity index (χ4n) is 3.10. The number of thiazole rings is 1. The molecule has 9 heteroatoms. The number of aromatic nitrogens is 1. The van der Waals surface area contributed by atoms with Gasteiger partial charge in [0.05, 0.1) is 25.5 Å². The van der Waals surface area contributed by atoms with Crippen molar-refractivity contribution >= 4 is 40.0 Å². The van der Waals surface area contributed by atoms with Gasteiger partial charge in [0.15, 0.2) is 5.13 Å². The van der Waals surface area contributed by atoms with E-state index in [1.807, 2.05) is 37.3 Å². The number of anilines is 1. The lowest BCUT2D eigenvalue weighted by Crippen LogP contribution is -2.42. The zero-order valence-electron chi connectivity index (χ0n) is 17.2. The molecule has 0 unspecified atom stereocenters.